The van der Waals surface area contributed by atoms with Crippen LogP contribution < -0.4 is 0 Å². The van der Waals surface area contributed by atoms with Gasteiger partial charge in [0.1, 0.15) is 0 Å². The predicted molar refractivity (Wildman–Crippen MR) is 40.5 cm³/mol. The molecule has 0 saturated heterocycles. The maximum Gasteiger partial charge on any atom is 0.0752 e. The van der Waals surface area contributed by atoms with Gasteiger partial charge >= 0.3 is 0 Å². The van der Waals surface area contributed by atoms with E-state index in [2.05, 4.69) is 13.0 Å². The molecular formula is C8H16O. The molecule has 0 spiro atoms. The van der Waals surface area contributed by atoms with Gasteiger partial charge in [0.25, 0.3) is 0 Å². The number of allylic oxidation sites excluding steroid dienone is 1. The van der Waals surface area contributed by atoms with E-state index >= 15 is 0 Å². The van der Waals surface area contributed by atoms with E-state index in [1.807, 2.05) is 19.9 Å². The van der Waals surface area contributed by atoms with Gasteiger partial charge in [0, 0.05) is 6.61 Å². The number of rotatable bonds is 4. The predicted octanol–water partition coefficient (Wildman–Crippen LogP) is 2.38. The van der Waals surface area contributed by atoms with Gasteiger partial charge in [-0.1, -0.05) is 19.1 Å². The van der Waals surface area contributed by atoms with Crippen LogP contribution in [0, 0.1) is 0 Å². The Morgan fingerprint density at radius 2 is 2.11 bits per heavy atom. The highest BCUT2D eigenvalue weighted by Crippen LogP contribution is 1.98. The van der Waals surface area contributed by atoms with E-state index in [0.29, 0.717) is 6.10 Å². The van der Waals surface area contributed by atoms with E-state index in [1.54, 1.807) is 0 Å². The molecule has 1 heteroatoms. The molecule has 0 amide bonds. The second-order valence-electron chi connectivity index (χ2n) is 1.93. The highest BCUT2D eigenvalue weighted by molar-refractivity contribution is 4.85. The highest BCUT2D eigenvalue weighted by atomic mass is 16.5. The Morgan fingerprint density at radius 1 is 1.44 bits per heavy atom. The molecule has 0 aliphatic heterocycles. The first-order valence-electron chi connectivity index (χ1n) is 3.59. The first-order valence-corrected chi connectivity index (χ1v) is 3.59. The SMILES string of the molecule is CC=CC(CC)OCC. The van der Waals surface area contributed by atoms with Crippen LogP contribution in [0.3, 0.4) is 0 Å². The Bertz CT molecular complexity index is 76.6. The second kappa shape index (κ2) is 5.83. The van der Waals surface area contributed by atoms with E-state index in [0.717, 1.165) is 13.0 Å². The first-order chi connectivity index (χ1) is 4.35. The molecule has 0 N–H and O–H groups in total. The van der Waals surface area contributed by atoms with Gasteiger partial charge in [0.05, 0.1) is 6.10 Å². The van der Waals surface area contributed by atoms with E-state index in [-0.39, 0.29) is 0 Å². The van der Waals surface area contributed by atoms with Gasteiger partial charge in [0.15, 0.2) is 0 Å². The number of ether oxygens (including phenoxy) is 1. The molecule has 0 radical (unpaired) electrons. The smallest absolute Gasteiger partial charge is 0.0752 e. The minimum atomic E-state index is 0.333. The van der Waals surface area contributed by atoms with Gasteiger partial charge in [-0.3, -0.25) is 0 Å². The molecule has 1 atom stereocenters. The van der Waals surface area contributed by atoms with Crippen molar-refractivity contribution in [1.29, 1.82) is 0 Å². The van der Waals surface area contributed by atoms with Gasteiger partial charge < -0.3 is 4.74 Å². The number of hydrogen-bond donors (Lipinski definition) is 0. The Hall–Kier alpha value is -0.300. The average Bonchev–Trinajstić information content (AvgIpc) is 1.88. The standard InChI is InChI=1S/C8H16O/c1-4-7-8(5-2)9-6-3/h4,7-8H,5-6H2,1-3H3. The van der Waals surface area contributed by atoms with Crippen molar-refractivity contribution in [3.63, 3.8) is 0 Å². The third kappa shape index (κ3) is 4.22. The van der Waals surface area contributed by atoms with Gasteiger partial charge in [-0.05, 0) is 20.3 Å². The lowest BCUT2D eigenvalue weighted by Gasteiger charge is -2.08. The summed E-state index contributed by atoms with van der Waals surface area (Å²) in [4.78, 5) is 0. The zero-order valence-corrected chi connectivity index (χ0v) is 6.55. The molecule has 0 aromatic heterocycles. The molecule has 0 aromatic carbocycles. The molecule has 0 rings (SSSR count). The van der Waals surface area contributed by atoms with Crippen molar-refractivity contribution in [2.24, 2.45) is 0 Å². The lowest BCUT2D eigenvalue weighted by Crippen LogP contribution is -2.07. The molecule has 0 aromatic rings. The molecule has 0 aliphatic rings. The third-order valence-corrected chi connectivity index (χ3v) is 1.19. The summed E-state index contributed by atoms with van der Waals surface area (Å²) in [6.45, 7) is 6.97. The van der Waals surface area contributed by atoms with Crippen molar-refractivity contribution in [3.05, 3.63) is 12.2 Å². The molecule has 1 nitrogen and oxygen atoms in total. The van der Waals surface area contributed by atoms with Gasteiger partial charge in [0.2, 0.25) is 0 Å². The lowest BCUT2D eigenvalue weighted by molar-refractivity contribution is 0.0938. The molecule has 54 valence electrons. The maximum absolute atomic E-state index is 5.34. The monoisotopic (exact) mass is 128 g/mol. The van der Waals surface area contributed by atoms with Gasteiger partial charge in [-0.2, -0.15) is 0 Å². The Kier molecular flexibility index (Phi) is 5.64. The molecule has 0 heterocycles. The van der Waals surface area contributed by atoms with Crippen LogP contribution in [0.5, 0.6) is 0 Å². The van der Waals surface area contributed by atoms with Gasteiger partial charge in [-0.25, -0.2) is 0 Å². The fraction of sp³-hybridized carbons (Fsp3) is 0.750. The zero-order chi connectivity index (χ0) is 7.11. The van der Waals surface area contributed by atoms with Gasteiger partial charge in [-0.15, -0.1) is 0 Å². The topological polar surface area (TPSA) is 9.23 Å². The summed E-state index contributed by atoms with van der Waals surface area (Å²) in [5.41, 5.74) is 0. The Labute approximate surface area is 57.7 Å². The minimum absolute atomic E-state index is 0.333. The summed E-state index contributed by atoms with van der Waals surface area (Å²) in [5, 5.41) is 0. The summed E-state index contributed by atoms with van der Waals surface area (Å²) in [5.74, 6) is 0. The molecule has 1 unspecified atom stereocenters. The van der Waals surface area contributed by atoms with Crippen LogP contribution in [-0.2, 0) is 4.74 Å². The van der Waals surface area contributed by atoms with E-state index in [9.17, 15) is 0 Å². The third-order valence-electron chi connectivity index (χ3n) is 1.19. The lowest BCUT2D eigenvalue weighted by atomic mass is 10.2. The summed E-state index contributed by atoms with van der Waals surface area (Å²) >= 11 is 0. The van der Waals surface area contributed by atoms with E-state index in [4.69, 9.17) is 4.74 Å². The Balaban J connectivity index is 3.41. The van der Waals surface area contributed by atoms with Crippen LogP contribution in [0.1, 0.15) is 27.2 Å². The second-order valence-corrected chi connectivity index (χ2v) is 1.93. The molecule has 0 fully saturated rings. The van der Waals surface area contributed by atoms with Crippen LogP contribution in [0.15, 0.2) is 12.2 Å². The van der Waals surface area contributed by atoms with Crippen molar-refractivity contribution in [2.45, 2.75) is 33.3 Å². The fourth-order valence-corrected chi connectivity index (χ4v) is 0.738. The maximum atomic E-state index is 5.34. The first kappa shape index (κ1) is 8.70. The average molecular weight is 128 g/mol. The highest BCUT2D eigenvalue weighted by Gasteiger charge is 1.96. The normalized spacial score (nSPS) is 14.6. The summed E-state index contributed by atoms with van der Waals surface area (Å²) in [6, 6.07) is 0. The Morgan fingerprint density at radius 3 is 2.44 bits per heavy atom. The summed E-state index contributed by atoms with van der Waals surface area (Å²) < 4.78 is 5.34. The van der Waals surface area contributed by atoms with Crippen molar-refractivity contribution >= 4 is 0 Å². The zero-order valence-electron chi connectivity index (χ0n) is 6.55. The fourth-order valence-electron chi connectivity index (χ4n) is 0.738. The van der Waals surface area contributed by atoms with Crippen molar-refractivity contribution in [2.75, 3.05) is 6.61 Å². The van der Waals surface area contributed by atoms with Crippen LogP contribution in [-0.4, -0.2) is 12.7 Å². The largest absolute Gasteiger partial charge is 0.374 e. The van der Waals surface area contributed by atoms with Crippen LogP contribution in [0.2, 0.25) is 0 Å². The van der Waals surface area contributed by atoms with E-state index in [1.165, 1.54) is 0 Å². The quantitative estimate of drug-likeness (QED) is 0.528. The van der Waals surface area contributed by atoms with Crippen LogP contribution in [0.25, 0.3) is 0 Å². The van der Waals surface area contributed by atoms with Crippen LogP contribution in [0.4, 0.5) is 0 Å². The molecular weight excluding hydrogens is 112 g/mol. The summed E-state index contributed by atoms with van der Waals surface area (Å²) in [7, 11) is 0. The molecule has 0 aliphatic carbocycles. The van der Waals surface area contributed by atoms with Crippen molar-refractivity contribution in [1.82, 2.24) is 0 Å². The summed E-state index contributed by atoms with van der Waals surface area (Å²) in [6.07, 6.45) is 5.52. The molecule has 0 bridgehead atoms. The van der Waals surface area contributed by atoms with E-state index < -0.39 is 0 Å². The van der Waals surface area contributed by atoms with Crippen molar-refractivity contribution in [3.8, 4) is 0 Å². The van der Waals surface area contributed by atoms with Crippen molar-refractivity contribution < 1.29 is 4.74 Å². The van der Waals surface area contributed by atoms with Crippen LogP contribution >= 0.6 is 0 Å². The molecule has 0 saturated carbocycles. The molecule has 9 heavy (non-hydrogen) atoms. The number of hydrogen-bond acceptors (Lipinski definition) is 1. The minimum Gasteiger partial charge on any atom is -0.374 e.